The first-order chi connectivity index (χ1) is 23.6. The first kappa shape index (κ1) is 40.8. The van der Waals surface area contributed by atoms with Gasteiger partial charge in [-0.15, -0.1) is 0 Å². The van der Waals surface area contributed by atoms with E-state index in [1.54, 1.807) is 5.57 Å². The van der Waals surface area contributed by atoms with E-state index in [9.17, 15) is 9.59 Å². The number of rotatable bonds is 31. The zero-order chi connectivity index (χ0) is 34.1. The molecule has 3 rings (SSSR count). The van der Waals surface area contributed by atoms with Gasteiger partial charge in [0.1, 0.15) is 25.4 Å². The van der Waals surface area contributed by atoms with Crippen molar-refractivity contribution in [3.63, 3.8) is 0 Å². The highest BCUT2D eigenvalue weighted by Crippen LogP contribution is 2.42. The van der Waals surface area contributed by atoms with Crippen LogP contribution in [0.15, 0.2) is 23.8 Å². The van der Waals surface area contributed by atoms with Crippen molar-refractivity contribution < 1.29 is 28.5 Å². The average Bonchev–Trinajstić information content (AvgIpc) is 4.02. The smallest absolute Gasteiger partial charge is 0.305 e. The maximum atomic E-state index is 11.9. The van der Waals surface area contributed by atoms with E-state index in [1.165, 1.54) is 116 Å². The van der Waals surface area contributed by atoms with Gasteiger partial charge in [-0.1, -0.05) is 128 Å². The Morgan fingerprint density at radius 1 is 0.667 bits per heavy atom. The number of hydrogen-bond donors (Lipinski definition) is 0. The van der Waals surface area contributed by atoms with Crippen LogP contribution in [0.4, 0.5) is 0 Å². The molecule has 5 unspecified atom stereocenters. The Labute approximate surface area is 294 Å². The predicted octanol–water partition coefficient (Wildman–Crippen LogP) is 11.0. The Hall–Kier alpha value is -1.66. The Morgan fingerprint density at radius 3 is 1.79 bits per heavy atom. The molecular weight excluding hydrogens is 600 g/mol. The molecule has 0 spiro atoms. The lowest BCUT2D eigenvalue weighted by Gasteiger charge is -2.36. The fraction of sp³-hybridized carbons (Fsp3) is 0.857. The molecule has 5 atom stereocenters. The second kappa shape index (κ2) is 26.2. The molecule has 0 saturated carbocycles. The van der Waals surface area contributed by atoms with Crippen molar-refractivity contribution in [3.8, 4) is 0 Å². The second-order valence-electron chi connectivity index (χ2n) is 15.0. The maximum absolute atomic E-state index is 11.9. The van der Waals surface area contributed by atoms with Crippen molar-refractivity contribution in [3.05, 3.63) is 23.8 Å². The monoisotopic (exact) mass is 673 g/mol. The Kier molecular flexibility index (Phi) is 22.2. The number of carbonyl (C=O) groups is 2. The number of hydrogen-bond acceptors (Lipinski definition) is 6. The fourth-order valence-electron chi connectivity index (χ4n) is 7.33. The van der Waals surface area contributed by atoms with E-state index in [1.807, 2.05) is 0 Å². The van der Waals surface area contributed by atoms with Crippen molar-refractivity contribution in [2.75, 3.05) is 26.4 Å². The van der Waals surface area contributed by atoms with E-state index < -0.39 is 0 Å². The van der Waals surface area contributed by atoms with Crippen LogP contribution in [0, 0.1) is 17.8 Å². The molecule has 2 aliphatic heterocycles. The Bertz CT molecular complexity index is 904. The fourth-order valence-corrected chi connectivity index (χ4v) is 7.33. The van der Waals surface area contributed by atoms with Crippen LogP contribution >= 0.6 is 0 Å². The van der Waals surface area contributed by atoms with Crippen molar-refractivity contribution >= 4 is 11.9 Å². The largest absolute Gasteiger partial charge is 0.463 e. The molecular formula is C42H72O6. The van der Waals surface area contributed by atoms with Gasteiger partial charge in [0.15, 0.2) is 0 Å². The molecule has 48 heavy (non-hydrogen) atoms. The van der Waals surface area contributed by atoms with Crippen LogP contribution < -0.4 is 0 Å². The van der Waals surface area contributed by atoms with Crippen molar-refractivity contribution in [1.82, 2.24) is 0 Å². The summed E-state index contributed by atoms with van der Waals surface area (Å²) in [5.74, 6) is 2.11. The molecule has 2 saturated heterocycles. The standard InChI is InChI=1S/C42H72O6/c1-3-5-7-9-12-18-24-36-30-38(26-20-14-11-16-22-28-42(44)48-34-40-32-46-40)37(29-35(36)23-17-8-6-4-2)25-19-13-10-15-21-27-41(43)47-33-39-31-45-39/h12,18,30,35,37-40H,3-11,13-17,19-29,31-34H2,1-2H3/b18-12+. The van der Waals surface area contributed by atoms with E-state index >= 15 is 0 Å². The molecule has 0 aromatic heterocycles. The first-order valence-corrected chi connectivity index (χ1v) is 20.5. The van der Waals surface area contributed by atoms with Crippen molar-refractivity contribution in [2.24, 2.45) is 17.8 Å². The normalized spacial score (nSPS) is 23.3. The molecule has 276 valence electrons. The summed E-state index contributed by atoms with van der Waals surface area (Å²) in [6, 6.07) is 0. The minimum atomic E-state index is -0.0706. The van der Waals surface area contributed by atoms with Gasteiger partial charge in [0.05, 0.1) is 13.2 Å². The van der Waals surface area contributed by atoms with E-state index in [4.69, 9.17) is 18.9 Å². The van der Waals surface area contributed by atoms with Gasteiger partial charge in [-0.2, -0.15) is 0 Å². The Morgan fingerprint density at radius 2 is 1.19 bits per heavy atom. The number of carbonyl (C=O) groups excluding carboxylic acids is 2. The number of esters is 2. The molecule has 0 radical (unpaired) electrons. The van der Waals surface area contributed by atoms with Crippen LogP contribution in [0.2, 0.25) is 0 Å². The van der Waals surface area contributed by atoms with Crippen LogP contribution in [0.5, 0.6) is 0 Å². The summed E-state index contributed by atoms with van der Waals surface area (Å²) in [4.78, 5) is 23.8. The van der Waals surface area contributed by atoms with Gasteiger partial charge in [-0.05, 0) is 75.5 Å². The minimum Gasteiger partial charge on any atom is -0.463 e. The number of allylic oxidation sites excluding steroid dienone is 4. The van der Waals surface area contributed by atoms with Gasteiger partial charge in [-0.25, -0.2) is 0 Å². The van der Waals surface area contributed by atoms with Crippen LogP contribution in [0.25, 0.3) is 0 Å². The maximum Gasteiger partial charge on any atom is 0.305 e. The van der Waals surface area contributed by atoms with Crippen molar-refractivity contribution in [1.29, 1.82) is 0 Å². The first-order valence-electron chi connectivity index (χ1n) is 20.5. The summed E-state index contributed by atoms with van der Waals surface area (Å²) in [6.45, 7) is 6.92. The van der Waals surface area contributed by atoms with Crippen molar-refractivity contribution in [2.45, 2.75) is 187 Å². The molecule has 2 heterocycles. The summed E-state index contributed by atoms with van der Waals surface area (Å²) >= 11 is 0. The SMILES string of the molecule is CCCCC/C=C/CC1=CC(CCCCCCCC(=O)OCC2CO2)C(CCCCCCCC(=O)OCC2CO2)CC1CCCCCC. The molecule has 3 aliphatic rings. The Balaban J connectivity index is 1.44. The molecule has 2 fully saturated rings. The topological polar surface area (TPSA) is 77.7 Å². The highest BCUT2D eigenvalue weighted by Gasteiger charge is 2.30. The zero-order valence-electron chi connectivity index (χ0n) is 31.1. The lowest BCUT2D eigenvalue weighted by molar-refractivity contribution is -0.145. The predicted molar refractivity (Wildman–Crippen MR) is 196 cm³/mol. The highest BCUT2D eigenvalue weighted by atomic mass is 16.6. The number of ether oxygens (including phenoxy) is 4. The van der Waals surface area contributed by atoms with Gasteiger partial charge < -0.3 is 18.9 Å². The van der Waals surface area contributed by atoms with Gasteiger partial charge in [0, 0.05) is 12.8 Å². The highest BCUT2D eigenvalue weighted by molar-refractivity contribution is 5.69. The molecule has 6 heteroatoms. The second-order valence-corrected chi connectivity index (χ2v) is 15.0. The molecule has 0 amide bonds. The molecule has 6 nitrogen and oxygen atoms in total. The van der Waals surface area contributed by atoms with E-state index in [-0.39, 0.29) is 24.1 Å². The zero-order valence-corrected chi connectivity index (χ0v) is 31.1. The molecule has 0 aromatic carbocycles. The average molecular weight is 673 g/mol. The van der Waals surface area contributed by atoms with Crippen LogP contribution in [-0.4, -0.2) is 50.6 Å². The minimum absolute atomic E-state index is 0.0687. The van der Waals surface area contributed by atoms with Gasteiger partial charge in [0.2, 0.25) is 0 Å². The third-order valence-electron chi connectivity index (χ3n) is 10.6. The van der Waals surface area contributed by atoms with Crippen LogP contribution in [-0.2, 0) is 28.5 Å². The van der Waals surface area contributed by atoms with E-state index in [0.29, 0.717) is 32.0 Å². The molecule has 1 aliphatic carbocycles. The number of unbranched alkanes of at least 4 members (excludes halogenated alkanes) is 14. The quantitative estimate of drug-likeness (QED) is 0.0316. The van der Waals surface area contributed by atoms with Gasteiger partial charge >= 0.3 is 11.9 Å². The van der Waals surface area contributed by atoms with E-state index in [2.05, 4.69) is 32.1 Å². The third kappa shape index (κ3) is 20.1. The molecule has 0 N–H and O–H groups in total. The number of epoxide rings is 2. The third-order valence-corrected chi connectivity index (χ3v) is 10.6. The summed E-state index contributed by atoms with van der Waals surface area (Å²) in [7, 11) is 0. The lowest BCUT2D eigenvalue weighted by Crippen LogP contribution is -2.24. The van der Waals surface area contributed by atoms with Crippen LogP contribution in [0.1, 0.15) is 174 Å². The summed E-state index contributed by atoms with van der Waals surface area (Å²) in [6.07, 6.45) is 37.7. The summed E-state index contributed by atoms with van der Waals surface area (Å²) in [5, 5.41) is 0. The van der Waals surface area contributed by atoms with Gasteiger partial charge in [-0.3, -0.25) is 9.59 Å². The lowest BCUT2D eigenvalue weighted by atomic mass is 9.69. The van der Waals surface area contributed by atoms with E-state index in [0.717, 1.165) is 57.2 Å². The molecule has 0 bridgehead atoms. The summed E-state index contributed by atoms with van der Waals surface area (Å²) < 4.78 is 20.8. The van der Waals surface area contributed by atoms with Gasteiger partial charge in [0.25, 0.3) is 0 Å². The van der Waals surface area contributed by atoms with Crippen LogP contribution in [0.3, 0.4) is 0 Å². The summed E-state index contributed by atoms with van der Waals surface area (Å²) in [5.41, 5.74) is 1.73. The molecule has 0 aromatic rings.